The first-order valence-corrected chi connectivity index (χ1v) is 5.62. The molecule has 0 radical (unpaired) electrons. The van der Waals surface area contributed by atoms with Crippen molar-refractivity contribution in [1.29, 1.82) is 0 Å². The zero-order valence-electron chi connectivity index (χ0n) is 10.1. The van der Waals surface area contributed by atoms with Crippen molar-refractivity contribution in [3.05, 3.63) is 0 Å². The SMILES string of the molecule is CCC(CNC(C)CCCO)N(C)C. The third-order valence-corrected chi connectivity index (χ3v) is 2.70. The van der Waals surface area contributed by atoms with Gasteiger partial charge in [-0.3, -0.25) is 0 Å². The van der Waals surface area contributed by atoms with Gasteiger partial charge >= 0.3 is 0 Å². The lowest BCUT2D eigenvalue weighted by molar-refractivity contribution is 0.255. The van der Waals surface area contributed by atoms with Crippen LogP contribution in [0.25, 0.3) is 0 Å². The Morgan fingerprint density at radius 3 is 2.43 bits per heavy atom. The number of aliphatic hydroxyl groups excluding tert-OH is 1. The predicted octanol–water partition coefficient (Wildman–Crippen LogP) is 1.08. The van der Waals surface area contributed by atoms with Crippen molar-refractivity contribution in [2.75, 3.05) is 27.2 Å². The largest absolute Gasteiger partial charge is 0.396 e. The molecule has 2 unspecified atom stereocenters. The monoisotopic (exact) mass is 202 g/mol. The van der Waals surface area contributed by atoms with Crippen LogP contribution in [0.1, 0.15) is 33.1 Å². The van der Waals surface area contributed by atoms with Gasteiger partial charge in [0.15, 0.2) is 0 Å². The quantitative estimate of drug-likeness (QED) is 0.618. The molecule has 2 N–H and O–H groups in total. The number of rotatable bonds is 8. The Kier molecular flexibility index (Phi) is 8.14. The van der Waals surface area contributed by atoms with Crippen molar-refractivity contribution >= 4 is 0 Å². The van der Waals surface area contributed by atoms with Gasteiger partial charge in [0.1, 0.15) is 0 Å². The van der Waals surface area contributed by atoms with E-state index < -0.39 is 0 Å². The van der Waals surface area contributed by atoms with E-state index in [0.29, 0.717) is 18.7 Å². The van der Waals surface area contributed by atoms with E-state index in [1.54, 1.807) is 0 Å². The lowest BCUT2D eigenvalue weighted by atomic mass is 10.1. The van der Waals surface area contributed by atoms with Crippen LogP contribution in [0, 0.1) is 0 Å². The summed E-state index contributed by atoms with van der Waals surface area (Å²) in [6.07, 6.45) is 3.13. The average molecular weight is 202 g/mol. The molecule has 0 spiro atoms. The third-order valence-electron chi connectivity index (χ3n) is 2.70. The van der Waals surface area contributed by atoms with Gasteiger partial charge in [-0.2, -0.15) is 0 Å². The lowest BCUT2D eigenvalue weighted by Crippen LogP contribution is -2.40. The number of nitrogens with one attached hydrogen (secondary N) is 1. The summed E-state index contributed by atoms with van der Waals surface area (Å²) in [6, 6.07) is 1.13. The summed E-state index contributed by atoms with van der Waals surface area (Å²) in [4.78, 5) is 2.26. The molecule has 3 nitrogen and oxygen atoms in total. The maximum atomic E-state index is 8.69. The van der Waals surface area contributed by atoms with Gasteiger partial charge in [-0.1, -0.05) is 6.92 Å². The van der Waals surface area contributed by atoms with Gasteiger partial charge in [0.2, 0.25) is 0 Å². The fourth-order valence-corrected chi connectivity index (χ4v) is 1.53. The molecule has 0 aliphatic carbocycles. The minimum Gasteiger partial charge on any atom is -0.396 e. The molecule has 0 aliphatic heterocycles. The molecule has 0 aliphatic rings. The highest BCUT2D eigenvalue weighted by Crippen LogP contribution is 2.00. The van der Waals surface area contributed by atoms with Gasteiger partial charge in [0.25, 0.3) is 0 Å². The average Bonchev–Trinajstić information content (AvgIpc) is 2.15. The minimum atomic E-state index is 0.302. The molecule has 0 amide bonds. The van der Waals surface area contributed by atoms with Gasteiger partial charge in [0.05, 0.1) is 0 Å². The molecule has 86 valence electrons. The Morgan fingerprint density at radius 2 is 2.00 bits per heavy atom. The fraction of sp³-hybridized carbons (Fsp3) is 1.00. The molecular formula is C11H26N2O. The number of hydrogen-bond acceptors (Lipinski definition) is 3. The molecule has 14 heavy (non-hydrogen) atoms. The second-order valence-corrected chi connectivity index (χ2v) is 4.20. The minimum absolute atomic E-state index is 0.302. The van der Waals surface area contributed by atoms with Gasteiger partial charge in [-0.25, -0.2) is 0 Å². The van der Waals surface area contributed by atoms with Crippen LogP contribution >= 0.6 is 0 Å². The van der Waals surface area contributed by atoms with Crippen molar-refractivity contribution in [1.82, 2.24) is 10.2 Å². The van der Waals surface area contributed by atoms with E-state index in [2.05, 4.69) is 38.2 Å². The summed E-state index contributed by atoms with van der Waals surface area (Å²) < 4.78 is 0. The Bertz CT molecular complexity index is 128. The van der Waals surface area contributed by atoms with Crippen LogP contribution < -0.4 is 5.32 Å². The van der Waals surface area contributed by atoms with Crippen LogP contribution in [0.4, 0.5) is 0 Å². The number of hydrogen-bond donors (Lipinski definition) is 2. The summed E-state index contributed by atoms with van der Waals surface area (Å²) in [5.74, 6) is 0. The second-order valence-electron chi connectivity index (χ2n) is 4.20. The first-order chi connectivity index (χ1) is 6.61. The molecule has 0 saturated heterocycles. The van der Waals surface area contributed by atoms with Crippen molar-refractivity contribution in [2.45, 2.75) is 45.2 Å². The molecule has 0 aromatic heterocycles. The first-order valence-electron chi connectivity index (χ1n) is 5.62. The van der Waals surface area contributed by atoms with E-state index in [1.807, 2.05) is 0 Å². The Labute approximate surface area is 88.5 Å². The zero-order chi connectivity index (χ0) is 11.0. The predicted molar refractivity (Wildman–Crippen MR) is 61.6 cm³/mol. The molecule has 0 rings (SSSR count). The smallest absolute Gasteiger partial charge is 0.0431 e. The molecular weight excluding hydrogens is 176 g/mol. The summed E-state index contributed by atoms with van der Waals surface area (Å²) in [7, 11) is 4.24. The van der Waals surface area contributed by atoms with Gasteiger partial charge in [-0.15, -0.1) is 0 Å². The molecule has 0 aromatic carbocycles. The summed E-state index contributed by atoms with van der Waals surface area (Å²) in [5, 5.41) is 12.2. The number of aliphatic hydroxyl groups is 1. The molecule has 0 saturated carbocycles. The molecule has 3 heteroatoms. The highest BCUT2D eigenvalue weighted by atomic mass is 16.2. The Hall–Kier alpha value is -0.120. The highest BCUT2D eigenvalue weighted by Gasteiger charge is 2.09. The van der Waals surface area contributed by atoms with Gasteiger partial charge < -0.3 is 15.3 Å². The highest BCUT2D eigenvalue weighted by molar-refractivity contribution is 4.70. The van der Waals surface area contributed by atoms with Crippen molar-refractivity contribution < 1.29 is 5.11 Å². The number of likely N-dealkylation sites (N-methyl/N-ethyl adjacent to an activating group) is 1. The van der Waals surface area contributed by atoms with E-state index in [9.17, 15) is 0 Å². The van der Waals surface area contributed by atoms with Crippen molar-refractivity contribution in [2.24, 2.45) is 0 Å². The van der Waals surface area contributed by atoms with Crippen LogP contribution in [0.15, 0.2) is 0 Å². The molecule has 0 fully saturated rings. The Balaban J connectivity index is 3.57. The van der Waals surface area contributed by atoms with Crippen LogP contribution in [0.2, 0.25) is 0 Å². The second kappa shape index (κ2) is 8.21. The molecule has 2 atom stereocenters. The zero-order valence-corrected chi connectivity index (χ0v) is 10.1. The van der Waals surface area contributed by atoms with Gasteiger partial charge in [-0.05, 0) is 40.3 Å². The lowest BCUT2D eigenvalue weighted by Gasteiger charge is -2.25. The Morgan fingerprint density at radius 1 is 1.36 bits per heavy atom. The topological polar surface area (TPSA) is 35.5 Å². The van der Waals surface area contributed by atoms with Crippen LogP contribution in [0.5, 0.6) is 0 Å². The fourth-order valence-electron chi connectivity index (χ4n) is 1.53. The summed E-state index contributed by atoms with van der Waals surface area (Å²) >= 11 is 0. The van der Waals surface area contributed by atoms with Crippen molar-refractivity contribution in [3.8, 4) is 0 Å². The molecule has 0 bridgehead atoms. The maximum Gasteiger partial charge on any atom is 0.0431 e. The van der Waals surface area contributed by atoms with Gasteiger partial charge in [0, 0.05) is 25.2 Å². The molecule has 0 heterocycles. The number of nitrogens with zero attached hydrogens (tertiary/aromatic N) is 1. The van der Waals surface area contributed by atoms with Crippen LogP contribution in [0.3, 0.4) is 0 Å². The van der Waals surface area contributed by atoms with Crippen LogP contribution in [-0.4, -0.2) is 49.3 Å². The standard InChI is InChI=1S/C11H26N2O/c1-5-11(13(3)4)9-12-10(2)7-6-8-14/h10-12,14H,5-9H2,1-4H3. The van der Waals surface area contributed by atoms with E-state index >= 15 is 0 Å². The van der Waals surface area contributed by atoms with E-state index in [4.69, 9.17) is 5.11 Å². The normalized spacial score (nSPS) is 15.9. The summed E-state index contributed by atoms with van der Waals surface area (Å²) in [6.45, 7) is 5.73. The van der Waals surface area contributed by atoms with Crippen molar-refractivity contribution in [3.63, 3.8) is 0 Å². The first kappa shape index (κ1) is 13.9. The third kappa shape index (κ3) is 6.35. The summed E-state index contributed by atoms with van der Waals surface area (Å²) in [5.41, 5.74) is 0. The maximum absolute atomic E-state index is 8.69. The van der Waals surface area contributed by atoms with E-state index in [-0.39, 0.29) is 0 Å². The van der Waals surface area contributed by atoms with Crippen LogP contribution in [-0.2, 0) is 0 Å². The van der Waals surface area contributed by atoms with E-state index in [0.717, 1.165) is 19.4 Å². The molecule has 0 aromatic rings. The van der Waals surface area contributed by atoms with E-state index in [1.165, 1.54) is 6.42 Å².